The normalized spacial score (nSPS) is 15.3. The molecule has 2 N–H and O–H groups in total. The van der Waals surface area contributed by atoms with E-state index in [1.165, 1.54) is 6.42 Å². The molecule has 2 aromatic rings. The third-order valence-electron chi connectivity index (χ3n) is 4.33. The number of nitrogens with one attached hydrogen (secondary N) is 2. The number of aromatic nitrogens is 2. The van der Waals surface area contributed by atoms with Crippen LogP contribution >= 0.6 is 0 Å². The van der Waals surface area contributed by atoms with Crippen LogP contribution in [0.2, 0.25) is 0 Å². The van der Waals surface area contributed by atoms with Crippen molar-refractivity contribution in [3.63, 3.8) is 0 Å². The van der Waals surface area contributed by atoms with Crippen molar-refractivity contribution in [3.05, 3.63) is 30.1 Å². The summed E-state index contributed by atoms with van der Waals surface area (Å²) < 4.78 is 1.75. The van der Waals surface area contributed by atoms with E-state index in [1.54, 1.807) is 4.40 Å². The fourth-order valence-electron chi connectivity index (χ4n) is 3.10. The molecule has 2 aromatic heterocycles. The highest BCUT2D eigenvalue weighted by molar-refractivity contribution is 5.78. The first-order chi connectivity index (χ1) is 11.3. The predicted octanol–water partition coefficient (Wildman–Crippen LogP) is 2.31. The molecule has 23 heavy (non-hydrogen) atoms. The molecule has 0 aromatic carbocycles. The summed E-state index contributed by atoms with van der Waals surface area (Å²) in [6, 6.07) is 7.78. The van der Waals surface area contributed by atoms with Gasteiger partial charge in [-0.05, 0) is 25.0 Å². The third-order valence-corrected chi connectivity index (χ3v) is 4.33. The Morgan fingerprint density at radius 1 is 1.30 bits per heavy atom. The minimum absolute atomic E-state index is 0.155. The first-order valence-electron chi connectivity index (χ1n) is 8.18. The van der Waals surface area contributed by atoms with Gasteiger partial charge in [0.2, 0.25) is 5.91 Å². The van der Waals surface area contributed by atoms with Crippen molar-refractivity contribution in [1.29, 1.82) is 5.26 Å². The fraction of sp³-hybridized carbons (Fsp3) is 0.471. The second-order valence-electron chi connectivity index (χ2n) is 5.90. The maximum absolute atomic E-state index is 12.1. The Morgan fingerprint density at radius 2 is 2.13 bits per heavy atom. The van der Waals surface area contributed by atoms with Gasteiger partial charge in [0.05, 0.1) is 0 Å². The standard InChI is InChI=1S/C17H21N5O/c18-12-14-16(21-15-8-4-5-11-22(14)15)19-9-10-20-17(23)13-6-2-1-3-7-13/h4-5,8,11,13,19H,1-3,6-7,9-10H2,(H,20,23). The summed E-state index contributed by atoms with van der Waals surface area (Å²) in [5, 5.41) is 15.4. The molecule has 0 saturated heterocycles. The molecule has 6 nitrogen and oxygen atoms in total. The first kappa shape index (κ1) is 15.3. The van der Waals surface area contributed by atoms with Crippen LogP contribution < -0.4 is 10.6 Å². The Hall–Kier alpha value is -2.55. The van der Waals surface area contributed by atoms with Crippen molar-refractivity contribution < 1.29 is 4.79 Å². The topological polar surface area (TPSA) is 82.2 Å². The molecule has 0 bridgehead atoms. The molecular formula is C17H21N5O. The molecule has 1 saturated carbocycles. The van der Waals surface area contributed by atoms with Gasteiger partial charge in [0, 0.05) is 25.2 Å². The first-order valence-corrected chi connectivity index (χ1v) is 8.18. The summed E-state index contributed by atoms with van der Waals surface area (Å²) in [6.45, 7) is 1.09. The molecule has 3 rings (SSSR count). The fourth-order valence-corrected chi connectivity index (χ4v) is 3.10. The predicted molar refractivity (Wildman–Crippen MR) is 88.0 cm³/mol. The highest BCUT2D eigenvalue weighted by Gasteiger charge is 2.20. The summed E-state index contributed by atoms with van der Waals surface area (Å²) in [6.07, 6.45) is 7.38. The van der Waals surface area contributed by atoms with Gasteiger partial charge in [-0.25, -0.2) is 4.98 Å². The molecule has 120 valence electrons. The molecular weight excluding hydrogens is 290 g/mol. The summed E-state index contributed by atoms with van der Waals surface area (Å²) >= 11 is 0. The van der Waals surface area contributed by atoms with Gasteiger partial charge in [-0.15, -0.1) is 0 Å². The van der Waals surface area contributed by atoms with E-state index in [0.29, 0.717) is 24.6 Å². The van der Waals surface area contributed by atoms with Crippen LogP contribution in [0.1, 0.15) is 37.8 Å². The minimum Gasteiger partial charge on any atom is -0.366 e. The number of hydrogen-bond donors (Lipinski definition) is 2. The zero-order valence-electron chi connectivity index (χ0n) is 13.1. The van der Waals surface area contributed by atoms with Gasteiger partial charge in [0.25, 0.3) is 0 Å². The van der Waals surface area contributed by atoms with Crippen LogP contribution in [-0.2, 0) is 4.79 Å². The van der Waals surface area contributed by atoms with E-state index in [4.69, 9.17) is 0 Å². The Labute approximate surface area is 135 Å². The molecule has 0 aliphatic heterocycles. The van der Waals surface area contributed by atoms with Gasteiger partial charge in [-0.3, -0.25) is 9.20 Å². The van der Waals surface area contributed by atoms with E-state index < -0.39 is 0 Å². The number of anilines is 1. The second kappa shape index (κ2) is 7.14. The Bertz CT molecular complexity index is 724. The lowest BCUT2D eigenvalue weighted by molar-refractivity contribution is -0.125. The summed E-state index contributed by atoms with van der Waals surface area (Å²) in [5.74, 6) is 0.890. The van der Waals surface area contributed by atoms with Gasteiger partial charge < -0.3 is 10.6 Å². The number of fused-ring (bicyclic) bond motifs is 1. The van der Waals surface area contributed by atoms with Gasteiger partial charge in [-0.1, -0.05) is 25.3 Å². The molecule has 0 atom stereocenters. The van der Waals surface area contributed by atoms with Crippen molar-refractivity contribution in [3.8, 4) is 6.07 Å². The van der Waals surface area contributed by atoms with Crippen molar-refractivity contribution in [1.82, 2.24) is 14.7 Å². The van der Waals surface area contributed by atoms with Gasteiger partial charge in [0.15, 0.2) is 11.5 Å². The summed E-state index contributed by atoms with van der Waals surface area (Å²) in [7, 11) is 0. The molecule has 1 aliphatic carbocycles. The van der Waals surface area contributed by atoms with Crippen LogP contribution in [0.25, 0.3) is 5.65 Å². The van der Waals surface area contributed by atoms with E-state index in [2.05, 4.69) is 21.7 Å². The largest absolute Gasteiger partial charge is 0.366 e. The van der Waals surface area contributed by atoms with Gasteiger partial charge in [-0.2, -0.15) is 5.26 Å². The van der Waals surface area contributed by atoms with Crippen LogP contribution in [0.3, 0.4) is 0 Å². The molecule has 0 radical (unpaired) electrons. The van der Waals surface area contributed by atoms with Crippen molar-refractivity contribution in [2.75, 3.05) is 18.4 Å². The smallest absolute Gasteiger partial charge is 0.223 e. The molecule has 0 unspecified atom stereocenters. The lowest BCUT2D eigenvalue weighted by Crippen LogP contribution is -2.35. The number of hydrogen-bond acceptors (Lipinski definition) is 4. The monoisotopic (exact) mass is 311 g/mol. The molecule has 1 aliphatic rings. The summed E-state index contributed by atoms with van der Waals surface area (Å²) in [5.41, 5.74) is 1.22. The summed E-state index contributed by atoms with van der Waals surface area (Å²) in [4.78, 5) is 16.5. The molecule has 1 fully saturated rings. The Balaban J connectivity index is 1.53. The number of amides is 1. The average molecular weight is 311 g/mol. The van der Waals surface area contributed by atoms with E-state index in [-0.39, 0.29) is 11.8 Å². The Kier molecular flexibility index (Phi) is 4.77. The minimum atomic E-state index is 0.155. The number of carbonyl (C=O) groups is 1. The van der Waals surface area contributed by atoms with Crippen LogP contribution in [0.4, 0.5) is 5.82 Å². The van der Waals surface area contributed by atoms with E-state index in [1.807, 2.05) is 24.4 Å². The van der Waals surface area contributed by atoms with Gasteiger partial charge in [0.1, 0.15) is 11.7 Å². The third kappa shape index (κ3) is 3.45. The average Bonchev–Trinajstić information content (AvgIpc) is 2.96. The SMILES string of the molecule is N#Cc1c(NCCNC(=O)C2CCCCC2)nc2ccccn12. The van der Waals surface area contributed by atoms with Crippen LogP contribution in [0.5, 0.6) is 0 Å². The van der Waals surface area contributed by atoms with Crippen molar-refractivity contribution in [2.45, 2.75) is 32.1 Å². The van der Waals surface area contributed by atoms with Crippen molar-refractivity contribution >= 4 is 17.4 Å². The molecule has 0 spiro atoms. The van der Waals surface area contributed by atoms with Crippen LogP contribution in [0, 0.1) is 17.2 Å². The zero-order valence-corrected chi connectivity index (χ0v) is 13.1. The number of carbonyl (C=O) groups excluding carboxylic acids is 1. The Morgan fingerprint density at radius 3 is 2.91 bits per heavy atom. The molecule has 1 amide bonds. The van der Waals surface area contributed by atoms with E-state index in [9.17, 15) is 10.1 Å². The van der Waals surface area contributed by atoms with E-state index in [0.717, 1.165) is 31.3 Å². The maximum atomic E-state index is 12.1. The zero-order chi connectivity index (χ0) is 16.1. The second-order valence-corrected chi connectivity index (χ2v) is 5.90. The number of pyridine rings is 1. The quantitative estimate of drug-likeness (QED) is 0.830. The van der Waals surface area contributed by atoms with Crippen LogP contribution in [-0.4, -0.2) is 28.4 Å². The van der Waals surface area contributed by atoms with Crippen LogP contribution in [0.15, 0.2) is 24.4 Å². The van der Waals surface area contributed by atoms with E-state index >= 15 is 0 Å². The van der Waals surface area contributed by atoms with Gasteiger partial charge >= 0.3 is 0 Å². The lowest BCUT2D eigenvalue weighted by atomic mass is 9.89. The highest BCUT2D eigenvalue weighted by atomic mass is 16.1. The lowest BCUT2D eigenvalue weighted by Gasteiger charge is -2.20. The number of imidazole rings is 1. The molecule has 2 heterocycles. The number of nitrogens with zero attached hydrogens (tertiary/aromatic N) is 3. The maximum Gasteiger partial charge on any atom is 0.223 e. The number of nitriles is 1. The van der Waals surface area contributed by atoms with Crippen molar-refractivity contribution in [2.24, 2.45) is 5.92 Å². The molecule has 6 heteroatoms. The number of rotatable bonds is 5. The highest BCUT2D eigenvalue weighted by Crippen LogP contribution is 2.23.